The molecular formula is C31H30ClFN4O3. The number of pyridine rings is 1. The number of aromatic amines is 1. The van der Waals surface area contributed by atoms with Crippen LogP contribution in [-0.2, 0) is 17.6 Å². The summed E-state index contributed by atoms with van der Waals surface area (Å²) in [4.78, 5) is 42.6. The van der Waals surface area contributed by atoms with E-state index in [1.54, 1.807) is 43.5 Å². The molecule has 6 rings (SSSR count). The van der Waals surface area contributed by atoms with Gasteiger partial charge in [-0.3, -0.25) is 14.0 Å². The lowest BCUT2D eigenvalue weighted by atomic mass is 9.76. The molecule has 40 heavy (non-hydrogen) atoms. The zero-order valence-corrected chi connectivity index (χ0v) is 23.3. The summed E-state index contributed by atoms with van der Waals surface area (Å²) in [5, 5.41) is 0.289. The molecular weight excluding hydrogens is 531 g/mol. The molecule has 0 fully saturated rings. The number of allylic oxidation sites excluding steroid dienone is 1. The quantitative estimate of drug-likeness (QED) is 0.358. The Hall–Kier alpha value is -3.91. The van der Waals surface area contributed by atoms with Crippen LogP contribution in [0.25, 0.3) is 16.8 Å². The Kier molecular flexibility index (Phi) is 6.33. The van der Waals surface area contributed by atoms with Gasteiger partial charge in [0.05, 0.1) is 22.1 Å². The van der Waals surface area contributed by atoms with Gasteiger partial charge >= 0.3 is 5.69 Å². The topological polar surface area (TPSA) is 102 Å². The fourth-order valence-electron chi connectivity index (χ4n) is 6.46. The third-order valence-electron chi connectivity index (χ3n) is 8.67. The second-order valence-electron chi connectivity index (χ2n) is 11.2. The van der Waals surface area contributed by atoms with Gasteiger partial charge < -0.3 is 10.7 Å². The first-order valence-electron chi connectivity index (χ1n) is 13.5. The minimum Gasteiger partial charge on any atom is -0.369 e. The molecule has 9 heteroatoms. The number of amides is 1. The number of rotatable bonds is 4. The number of benzene rings is 1. The van der Waals surface area contributed by atoms with E-state index in [1.165, 1.54) is 10.5 Å². The van der Waals surface area contributed by atoms with E-state index in [0.717, 1.165) is 35.1 Å². The Labute approximate surface area is 235 Å². The van der Waals surface area contributed by atoms with Crippen molar-refractivity contribution in [2.45, 2.75) is 52.4 Å². The number of H-pyrrole nitrogens is 1. The molecule has 0 spiro atoms. The molecule has 3 heterocycles. The molecule has 3 aromatic heterocycles. The van der Waals surface area contributed by atoms with Crippen molar-refractivity contribution in [3.8, 4) is 5.69 Å². The van der Waals surface area contributed by atoms with Gasteiger partial charge in [0, 0.05) is 41.2 Å². The van der Waals surface area contributed by atoms with Gasteiger partial charge in [0.2, 0.25) is 5.91 Å². The molecule has 0 saturated heterocycles. The Morgan fingerprint density at radius 3 is 2.67 bits per heavy atom. The molecule has 0 bridgehead atoms. The number of carbonyl (C=O) groups excluding carboxylic acids is 1. The Bertz CT molecular complexity index is 1860. The molecule has 4 aromatic rings. The predicted octanol–water partition coefficient (Wildman–Crippen LogP) is 5.20. The van der Waals surface area contributed by atoms with Crippen LogP contribution >= 0.6 is 11.6 Å². The van der Waals surface area contributed by atoms with Crippen molar-refractivity contribution in [2.24, 2.45) is 17.6 Å². The average molecular weight is 561 g/mol. The lowest BCUT2D eigenvalue weighted by Crippen LogP contribution is -2.36. The van der Waals surface area contributed by atoms with E-state index in [0.29, 0.717) is 51.0 Å². The number of carbonyl (C=O) groups is 1. The largest absolute Gasteiger partial charge is 0.369 e. The SMILES string of the molecule is Cc1c(C2=C(F)CC(C(N)=O)c3[nH]c4c(c32)CCC(C(C)C)C4)cccc1-n1c(=O)cc2c(Cl)cccn2c1=O. The Morgan fingerprint density at radius 1 is 1.18 bits per heavy atom. The lowest BCUT2D eigenvalue weighted by Gasteiger charge is -2.28. The highest BCUT2D eigenvalue weighted by Gasteiger charge is 2.38. The molecule has 206 valence electrons. The molecule has 2 unspecified atom stereocenters. The molecule has 2 atom stereocenters. The molecule has 7 nitrogen and oxygen atoms in total. The maximum Gasteiger partial charge on any atom is 0.340 e. The van der Waals surface area contributed by atoms with Crippen molar-refractivity contribution in [3.05, 3.63) is 108 Å². The van der Waals surface area contributed by atoms with Crippen LogP contribution in [0, 0.1) is 18.8 Å². The van der Waals surface area contributed by atoms with E-state index in [9.17, 15) is 14.4 Å². The second kappa shape index (κ2) is 9.63. The van der Waals surface area contributed by atoms with Crippen molar-refractivity contribution in [1.29, 1.82) is 0 Å². The molecule has 3 N–H and O–H groups in total. The maximum absolute atomic E-state index is 16.1. The van der Waals surface area contributed by atoms with Gasteiger partial charge in [-0.2, -0.15) is 0 Å². The third-order valence-corrected chi connectivity index (χ3v) is 8.99. The number of nitrogens with two attached hydrogens (primary N) is 1. The molecule has 1 amide bonds. The van der Waals surface area contributed by atoms with Crippen molar-refractivity contribution in [2.75, 3.05) is 0 Å². The summed E-state index contributed by atoms with van der Waals surface area (Å²) in [6, 6.07) is 9.74. The van der Waals surface area contributed by atoms with Crippen LogP contribution in [0.15, 0.2) is 58.0 Å². The monoisotopic (exact) mass is 560 g/mol. The summed E-state index contributed by atoms with van der Waals surface area (Å²) >= 11 is 6.24. The fourth-order valence-corrected chi connectivity index (χ4v) is 6.68. The van der Waals surface area contributed by atoms with Gasteiger partial charge in [-0.05, 0) is 72.9 Å². The summed E-state index contributed by atoms with van der Waals surface area (Å²) in [5.41, 5.74) is 10.2. The predicted molar refractivity (Wildman–Crippen MR) is 154 cm³/mol. The maximum atomic E-state index is 16.1. The minimum absolute atomic E-state index is 0.147. The van der Waals surface area contributed by atoms with Crippen molar-refractivity contribution in [1.82, 2.24) is 14.0 Å². The highest BCUT2D eigenvalue weighted by Crippen LogP contribution is 2.48. The van der Waals surface area contributed by atoms with Crippen LogP contribution in [0.4, 0.5) is 4.39 Å². The number of halogens is 2. The first-order valence-corrected chi connectivity index (χ1v) is 13.9. The minimum atomic E-state index is -0.789. The number of aromatic nitrogens is 3. The number of nitrogens with zero attached hydrogens (tertiary/aromatic N) is 2. The number of nitrogens with one attached hydrogen (secondary N) is 1. The van der Waals surface area contributed by atoms with Crippen molar-refractivity contribution < 1.29 is 9.18 Å². The zero-order valence-electron chi connectivity index (χ0n) is 22.6. The summed E-state index contributed by atoms with van der Waals surface area (Å²) in [5.74, 6) is -0.806. The van der Waals surface area contributed by atoms with E-state index in [2.05, 4.69) is 18.8 Å². The third kappa shape index (κ3) is 3.96. The van der Waals surface area contributed by atoms with Crippen LogP contribution in [0.2, 0.25) is 5.02 Å². The van der Waals surface area contributed by atoms with Gasteiger partial charge in [-0.1, -0.05) is 37.6 Å². The van der Waals surface area contributed by atoms with Crippen LogP contribution < -0.4 is 17.0 Å². The van der Waals surface area contributed by atoms with E-state index < -0.39 is 28.9 Å². The summed E-state index contributed by atoms with van der Waals surface area (Å²) in [7, 11) is 0. The van der Waals surface area contributed by atoms with Crippen LogP contribution in [0.1, 0.15) is 66.2 Å². The van der Waals surface area contributed by atoms with Crippen LogP contribution in [0.5, 0.6) is 0 Å². The van der Waals surface area contributed by atoms with Crippen molar-refractivity contribution in [3.63, 3.8) is 0 Å². The zero-order chi connectivity index (χ0) is 28.5. The van der Waals surface area contributed by atoms with E-state index in [-0.39, 0.29) is 11.4 Å². The van der Waals surface area contributed by atoms with E-state index in [1.807, 2.05) is 0 Å². The number of hydrogen-bond acceptors (Lipinski definition) is 3. The highest BCUT2D eigenvalue weighted by molar-refractivity contribution is 6.33. The van der Waals surface area contributed by atoms with Crippen molar-refractivity contribution >= 4 is 28.6 Å². The van der Waals surface area contributed by atoms with Gasteiger partial charge in [0.1, 0.15) is 5.83 Å². The molecule has 2 aliphatic carbocycles. The highest BCUT2D eigenvalue weighted by atomic mass is 35.5. The fraction of sp³-hybridized carbons (Fsp3) is 0.323. The molecule has 2 aliphatic rings. The number of fused-ring (bicyclic) bond motifs is 4. The van der Waals surface area contributed by atoms with Gasteiger partial charge in [0.15, 0.2) is 0 Å². The first-order chi connectivity index (χ1) is 19.1. The van der Waals surface area contributed by atoms with Gasteiger partial charge in [-0.25, -0.2) is 13.8 Å². The smallest absolute Gasteiger partial charge is 0.340 e. The molecule has 0 saturated carbocycles. The Morgan fingerprint density at radius 2 is 1.95 bits per heavy atom. The standard InChI is InChI=1S/C31H30ClFN4O3/c1-15(2)17-9-10-19-23(12-17)35-29-20(30(34)39)13-22(33)27(28(19)29)18-6-4-8-24(16(18)3)37-26(38)14-25-21(32)7-5-11-36(25)31(37)40/h4-8,11,14-15,17,20,35H,9-10,12-13H2,1-3H3,(H2,34,39). The Balaban J connectivity index is 1.57. The normalized spacial score (nSPS) is 18.8. The molecule has 0 aliphatic heterocycles. The second-order valence-corrected chi connectivity index (χ2v) is 11.6. The summed E-state index contributed by atoms with van der Waals surface area (Å²) < 4.78 is 18.5. The summed E-state index contributed by atoms with van der Waals surface area (Å²) in [6.45, 7) is 6.18. The first kappa shape index (κ1) is 26.3. The van der Waals surface area contributed by atoms with Gasteiger partial charge in [-0.15, -0.1) is 0 Å². The van der Waals surface area contributed by atoms with E-state index >= 15 is 4.39 Å². The average Bonchev–Trinajstić information content (AvgIpc) is 3.28. The summed E-state index contributed by atoms with van der Waals surface area (Å²) in [6.07, 6.45) is 3.96. The lowest BCUT2D eigenvalue weighted by molar-refractivity contribution is -0.119. The van der Waals surface area contributed by atoms with E-state index in [4.69, 9.17) is 17.3 Å². The molecule has 1 aromatic carbocycles. The van der Waals surface area contributed by atoms with Crippen LogP contribution in [0.3, 0.4) is 0 Å². The van der Waals surface area contributed by atoms with Crippen LogP contribution in [-0.4, -0.2) is 19.9 Å². The number of hydrogen-bond donors (Lipinski definition) is 2. The molecule has 0 radical (unpaired) electrons. The van der Waals surface area contributed by atoms with Gasteiger partial charge in [0.25, 0.3) is 5.56 Å². The number of primary amides is 1.